The number of hydrogen-bond donors (Lipinski definition) is 0. The molecule has 0 amide bonds. The number of fused-ring (bicyclic) bond motifs is 8. The molecular formula is C46H30N2O. The molecule has 0 saturated carbocycles. The zero-order valence-corrected chi connectivity index (χ0v) is 26.6. The van der Waals surface area contributed by atoms with Crippen LogP contribution < -0.4 is 4.90 Å². The number of furan rings is 1. The van der Waals surface area contributed by atoms with E-state index >= 15 is 0 Å². The highest BCUT2D eigenvalue weighted by Gasteiger charge is 2.25. The highest BCUT2D eigenvalue weighted by atomic mass is 16.3. The predicted molar refractivity (Wildman–Crippen MR) is 206 cm³/mol. The van der Waals surface area contributed by atoms with Crippen molar-refractivity contribution in [2.24, 2.45) is 0 Å². The normalized spacial score (nSPS) is 11.7. The Morgan fingerprint density at radius 1 is 0.408 bits per heavy atom. The van der Waals surface area contributed by atoms with Gasteiger partial charge in [-0.1, -0.05) is 127 Å². The molecule has 2 aromatic heterocycles. The van der Waals surface area contributed by atoms with Crippen molar-refractivity contribution >= 4 is 71.6 Å². The Morgan fingerprint density at radius 3 is 1.82 bits per heavy atom. The SMILES string of the molecule is c1ccc(-c2ccc(N(c3cc4ccccc4c4ccccc34)c3cccc4c3oc3c5ccccc5n(-c5ccccc5)c43)cc2)cc1. The van der Waals surface area contributed by atoms with Gasteiger partial charge in [-0.25, -0.2) is 0 Å². The van der Waals surface area contributed by atoms with E-state index in [4.69, 9.17) is 4.42 Å². The monoisotopic (exact) mass is 626 g/mol. The van der Waals surface area contributed by atoms with Gasteiger partial charge in [0.1, 0.15) is 5.52 Å². The molecule has 0 radical (unpaired) electrons. The summed E-state index contributed by atoms with van der Waals surface area (Å²) in [5.74, 6) is 0. The molecule has 0 unspecified atom stereocenters. The van der Waals surface area contributed by atoms with Gasteiger partial charge in [0.2, 0.25) is 0 Å². The first-order valence-corrected chi connectivity index (χ1v) is 16.7. The number of rotatable bonds is 5. The average Bonchev–Trinajstić information content (AvgIpc) is 3.71. The molecule has 10 rings (SSSR count). The molecule has 10 aromatic rings. The molecule has 0 aliphatic carbocycles. The number of anilines is 3. The molecule has 8 aromatic carbocycles. The van der Waals surface area contributed by atoms with E-state index in [9.17, 15) is 0 Å². The third kappa shape index (κ3) is 4.29. The maximum atomic E-state index is 7.05. The van der Waals surface area contributed by atoms with Crippen molar-refractivity contribution in [3.05, 3.63) is 182 Å². The van der Waals surface area contributed by atoms with Gasteiger partial charge in [-0.3, -0.25) is 0 Å². The van der Waals surface area contributed by atoms with E-state index in [0.29, 0.717) is 0 Å². The van der Waals surface area contributed by atoms with Gasteiger partial charge in [0, 0.05) is 27.5 Å². The molecule has 0 bridgehead atoms. The largest absolute Gasteiger partial charge is 0.451 e. The van der Waals surface area contributed by atoms with Gasteiger partial charge < -0.3 is 13.9 Å². The van der Waals surface area contributed by atoms with Gasteiger partial charge in [-0.05, 0) is 81.9 Å². The second kappa shape index (κ2) is 11.0. The van der Waals surface area contributed by atoms with Crippen molar-refractivity contribution in [3.8, 4) is 16.8 Å². The molecule has 0 saturated heterocycles. The summed E-state index contributed by atoms with van der Waals surface area (Å²) in [7, 11) is 0. The topological polar surface area (TPSA) is 21.3 Å². The number of aromatic nitrogens is 1. The zero-order valence-electron chi connectivity index (χ0n) is 26.6. The maximum Gasteiger partial charge on any atom is 0.161 e. The lowest BCUT2D eigenvalue weighted by atomic mass is 9.98. The number of benzene rings is 8. The van der Waals surface area contributed by atoms with Crippen molar-refractivity contribution in [1.82, 2.24) is 4.57 Å². The molecule has 0 aliphatic heterocycles. The summed E-state index contributed by atoms with van der Waals surface area (Å²) in [5, 5.41) is 7.01. The number of hydrogen-bond acceptors (Lipinski definition) is 2. The third-order valence-corrected chi connectivity index (χ3v) is 9.76. The summed E-state index contributed by atoms with van der Waals surface area (Å²) >= 11 is 0. The van der Waals surface area contributed by atoms with Gasteiger partial charge in [0.05, 0.1) is 16.9 Å². The van der Waals surface area contributed by atoms with E-state index in [1.165, 1.54) is 32.7 Å². The second-order valence-corrected chi connectivity index (χ2v) is 12.5. The Bertz CT molecular complexity index is 2810. The van der Waals surface area contributed by atoms with Crippen LogP contribution in [0.3, 0.4) is 0 Å². The Balaban J connectivity index is 1.29. The van der Waals surface area contributed by atoms with Crippen LogP contribution in [-0.4, -0.2) is 4.57 Å². The summed E-state index contributed by atoms with van der Waals surface area (Å²) < 4.78 is 9.39. The van der Waals surface area contributed by atoms with Gasteiger partial charge >= 0.3 is 0 Å². The first kappa shape index (κ1) is 27.5. The third-order valence-electron chi connectivity index (χ3n) is 9.76. The van der Waals surface area contributed by atoms with E-state index in [1.54, 1.807) is 0 Å². The van der Waals surface area contributed by atoms with Crippen molar-refractivity contribution in [2.45, 2.75) is 0 Å². The fraction of sp³-hybridized carbons (Fsp3) is 0. The maximum absolute atomic E-state index is 7.05. The highest BCUT2D eigenvalue weighted by molar-refractivity contribution is 6.20. The van der Waals surface area contributed by atoms with E-state index in [-0.39, 0.29) is 0 Å². The molecule has 0 N–H and O–H groups in total. The summed E-state index contributed by atoms with van der Waals surface area (Å²) in [6.45, 7) is 0. The highest BCUT2D eigenvalue weighted by Crippen LogP contribution is 2.47. The van der Waals surface area contributed by atoms with E-state index < -0.39 is 0 Å². The number of para-hydroxylation sites is 3. The molecule has 230 valence electrons. The predicted octanol–water partition coefficient (Wildman–Crippen LogP) is 13.0. The van der Waals surface area contributed by atoms with Gasteiger partial charge in [0.15, 0.2) is 11.2 Å². The Morgan fingerprint density at radius 2 is 1.02 bits per heavy atom. The fourth-order valence-electron chi connectivity index (χ4n) is 7.56. The molecule has 0 spiro atoms. The summed E-state index contributed by atoms with van der Waals surface area (Å²) in [6, 6.07) is 64.8. The van der Waals surface area contributed by atoms with Gasteiger partial charge in [-0.2, -0.15) is 0 Å². The molecule has 3 heteroatoms. The Labute approximate surface area is 283 Å². The van der Waals surface area contributed by atoms with E-state index in [2.05, 4.69) is 191 Å². The van der Waals surface area contributed by atoms with Crippen molar-refractivity contribution in [2.75, 3.05) is 4.90 Å². The molecule has 2 heterocycles. The van der Waals surface area contributed by atoms with Gasteiger partial charge in [-0.15, -0.1) is 0 Å². The minimum Gasteiger partial charge on any atom is -0.451 e. The van der Waals surface area contributed by atoms with Gasteiger partial charge in [0.25, 0.3) is 0 Å². The fourth-order valence-corrected chi connectivity index (χ4v) is 7.56. The van der Waals surface area contributed by atoms with Crippen LogP contribution in [0.4, 0.5) is 17.1 Å². The molecule has 49 heavy (non-hydrogen) atoms. The lowest BCUT2D eigenvalue weighted by Crippen LogP contribution is -2.11. The molecule has 3 nitrogen and oxygen atoms in total. The van der Waals surface area contributed by atoms with Crippen LogP contribution >= 0.6 is 0 Å². The Hall–Kier alpha value is -6.58. The average molecular weight is 627 g/mol. The molecule has 0 fully saturated rings. The minimum atomic E-state index is 0.854. The smallest absolute Gasteiger partial charge is 0.161 e. The van der Waals surface area contributed by atoms with Crippen LogP contribution in [0.2, 0.25) is 0 Å². The first-order chi connectivity index (χ1) is 24.3. The van der Waals surface area contributed by atoms with Crippen LogP contribution in [0, 0.1) is 0 Å². The summed E-state index contributed by atoms with van der Waals surface area (Å²) in [6.07, 6.45) is 0. The molecule has 0 aliphatic rings. The van der Waals surface area contributed by atoms with Crippen molar-refractivity contribution in [3.63, 3.8) is 0 Å². The second-order valence-electron chi connectivity index (χ2n) is 12.5. The van der Waals surface area contributed by atoms with Crippen molar-refractivity contribution in [1.29, 1.82) is 0 Å². The summed E-state index contributed by atoms with van der Waals surface area (Å²) in [4.78, 5) is 2.38. The standard InChI is InChI=1S/C46H30N2O/c1-3-14-31(15-4-1)32-26-28-35(29-27-32)47(43-30-33-16-7-8-19-36(33)37-20-9-10-21-38(37)43)42-25-13-23-40-44-46(49-45(40)42)39-22-11-12-24-41(39)48(44)34-17-5-2-6-18-34/h1-30H. The molecular weight excluding hydrogens is 597 g/mol. The van der Waals surface area contributed by atoms with Crippen LogP contribution in [0.25, 0.3) is 71.3 Å². The van der Waals surface area contributed by atoms with Crippen molar-refractivity contribution < 1.29 is 4.42 Å². The van der Waals surface area contributed by atoms with Crippen LogP contribution in [0.1, 0.15) is 0 Å². The lowest BCUT2D eigenvalue weighted by Gasteiger charge is -2.28. The van der Waals surface area contributed by atoms with E-state index in [0.717, 1.165) is 55.7 Å². The van der Waals surface area contributed by atoms with Crippen LogP contribution in [-0.2, 0) is 0 Å². The molecule has 0 atom stereocenters. The van der Waals surface area contributed by atoms with E-state index in [1.807, 2.05) is 0 Å². The first-order valence-electron chi connectivity index (χ1n) is 16.7. The number of nitrogens with zero attached hydrogens (tertiary/aromatic N) is 2. The summed E-state index contributed by atoms with van der Waals surface area (Å²) in [5.41, 5.74) is 10.6. The quantitative estimate of drug-likeness (QED) is 0.177. The minimum absolute atomic E-state index is 0.854. The van der Waals surface area contributed by atoms with Crippen LogP contribution in [0.15, 0.2) is 186 Å². The van der Waals surface area contributed by atoms with Crippen LogP contribution in [0.5, 0.6) is 0 Å². The Kier molecular flexibility index (Phi) is 6.18. The lowest BCUT2D eigenvalue weighted by molar-refractivity contribution is 0.673. The zero-order chi connectivity index (χ0) is 32.3.